The van der Waals surface area contributed by atoms with Crippen molar-refractivity contribution in [2.75, 3.05) is 0 Å². The average Bonchev–Trinajstić information content (AvgIpc) is 2.82. The Morgan fingerprint density at radius 1 is 1.19 bits per heavy atom. The number of thiazole rings is 1. The Kier molecular flexibility index (Phi) is 3.90. The molecule has 0 unspecified atom stereocenters. The molecule has 0 saturated carbocycles. The second kappa shape index (κ2) is 5.83. The molecule has 0 aliphatic carbocycles. The van der Waals surface area contributed by atoms with Gasteiger partial charge in [0, 0.05) is 23.4 Å². The highest BCUT2D eigenvalue weighted by Crippen LogP contribution is 2.31. The van der Waals surface area contributed by atoms with E-state index < -0.39 is 0 Å². The molecule has 0 amide bonds. The van der Waals surface area contributed by atoms with Gasteiger partial charge in [-0.3, -0.25) is 10.1 Å². The van der Waals surface area contributed by atoms with Gasteiger partial charge in [-0.25, -0.2) is 0 Å². The minimum absolute atomic E-state index is 0.189. The average molecular weight is 317 g/mol. The quantitative estimate of drug-likeness (QED) is 0.317. The van der Waals surface area contributed by atoms with E-state index >= 15 is 0 Å². The van der Waals surface area contributed by atoms with Crippen LogP contribution in [0.25, 0.3) is 10.2 Å². The first kappa shape index (κ1) is 14.0. The molecule has 4 nitrogen and oxygen atoms in total. The molecule has 0 bridgehead atoms. The Labute approximate surface area is 130 Å². The molecule has 0 saturated heterocycles. The van der Waals surface area contributed by atoms with Gasteiger partial charge >= 0.3 is 0 Å². The first-order chi connectivity index (χ1) is 10.2. The van der Waals surface area contributed by atoms with E-state index in [4.69, 9.17) is 0 Å². The Morgan fingerprint density at radius 3 is 2.67 bits per heavy atom. The van der Waals surface area contributed by atoms with Crippen molar-refractivity contribution in [3.8, 4) is 0 Å². The van der Waals surface area contributed by atoms with Crippen LogP contribution in [-0.2, 0) is 12.8 Å². The summed E-state index contributed by atoms with van der Waals surface area (Å²) < 4.78 is 4.51. The molecule has 6 heteroatoms. The summed E-state index contributed by atoms with van der Waals surface area (Å²) in [5, 5.41) is 11.0. The summed E-state index contributed by atoms with van der Waals surface area (Å²) in [6.45, 7) is 0. The molecule has 0 aliphatic heterocycles. The van der Waals surface area contributed by atoms with Crippen LogP contribution in [-0.4, -0.2) is 4.92 Å². The first-order valence-electron chi connectivity index (χ1n) is 6.39. The predicted molar refractivity (Wildman–Crippen MR) is 85.7 cm³/mol. The lowest BCUT2D eigenvalue weighted by Gasteiger charge is -1.99. The number of hydrogen-bond donors (Lipinski definition) is 0. The molecule has 2 aromatic carbocycles. The zero-order valence-electron chi connectivity index (χ0n) is 11.4. The normalized spacial score (nSPS) is 10.9. The highest BCUT2D eigenvalue weighted by molar-refractivity contribution is 8.00. The summed E-state index contributed by atoms with van der Waals surface area (Å²) in [6.07, 6.45) is 0. The number of aromatic nitrogens is 1. The van der Waals surface area contributed by atoms with E-state index in [2.05, 4.69) is 16.7 Å². The maximum absolute atomic E-state index is 11.0. The number of thioether (sulfide) groups is 1. The molecule has 0 atom stereocenters. The summed E-state index contributed by atoms with van der Waals surface area (Å²) in [5.74, 6) is 0.595. The lowest BCUT2D eigenvalue weighted by Crippen LogP contribution is -2.28. The van der Waals surface area contributed by atoms with Crippen LogP contribution in [0.4, 0.5) is 5.69 Å². The highest BCUT2D eigenvalue weighted by atomic mass is 32.2. The number of fused-ring (bicyclic) bond motifs is 1. The Morgan fingerprint density at radius 2 is 1.90 bits per heavy atom. The highest BCUT2D eigenvalue weighted by Gasteiger charge is 2.19. The standard InChI is InChI=1S/C15H13N2O2S2/c1-16-13-8-4-5-9-14(13)21-15(16)20-10-11-6-2-3-7-12(11)17(18)19/h2-9H,10H2,1H3/q+1. The van der Waals surface area contributed by atoms with Crippen molar-refractivity contribution in [2.24, 2.45) is 7.05 Å². The van der Waals surface area contributed by atoms with Gasteiger partial charge in [-0.2, -0.15) is 4.57 Å². The van der Waals surface area contributed by atoms with E-state index in [-0.39, 0.29) is 10.6 Å². The maximum Gasteiger partial charge on any atom is 0.298 e. The van der Waals surface area contributed by atoms with E-state index in [1.165, 1.54) is 10.2 Å². The van der Waals surface area contributed by atoms with Crippen molar-refractivity contribution < 1.29 is 9.49 Å². The van der Waals surface area contributed by atoms with Gasteiger partial charge in [0.25, 0.3) is 10.0 Å². The van der Waals surface area contributed by atoms with Gasteiger partial charge in [0.15, 0.2) is 0 Å². The summed E-state index contributed by atoms with van der Waals surface area (Å²) in [6, 6.07) is 15.1. The zero-order valence-corrected chi connectivity index (χ0v) is 13.0. The fraction of sp³-hybridized carbons (Fsp3) is 0.133. The third-order valence-corrected chi connectivity index (χ3v) is 5.83. The predicted octanol–water partition coefficient (Wildman–Crippen LogP) is 3.93. The second-order valence-electron chi connectivity index (χ2n) is 4.57. The lowest BCUT2D eigenvalue weighted by atomic mass is 10.2. The van der Waals surface area contributed by atoms with E-state index in [0.29, 0.717) is 5.75 Å². The van der Waals surface area contributed by atoms with E-state index in [1.807, 2.05) is 31.3 Å². The Hall–Kier alpha value is -1.92. The fourth-order valence-corrected chi connectivity index (χ4v) is 4.53. The molecule has 21 heavy (non-hydrogen) atoms. The van der Waals surface area contributed by atoms with Crippen LogP contribution in [0.2, 0.25) is 0 Å². The van der Waals surface area contributed by atoms with Crippen LogP contribution in [0, 0.1) is 10.1 Å². The molecule has 3 rings (SSSR count). The molecule has 0 spiro atoms. The van der Waals surface area contributed by atoms with Gasteiger partial charge in [-0.05, 0) is 17.8 Å². The van der Waals surface area contributed by atoms with Gasteiger partial charge in [-0.15, -0.1) is 0 Å². The molecule has 0 aliphatic rings. The number of hydrogen-bond acceptors (Lipinski definition) is 4. The second-order valence-corrected chi connectivity index (χ2v) is 6.82. The summed E-state index contributed by atoms with van der Waals surface area (Å²) >= 11 is 3.35. The SMILES string of the molecule is C[n+]1c(SCc2ccccc2[N+](=O)[O-])sc2ccccc21. The van der Waals surface area contributed by atoms with Gasteiger partial charge < -0.3 is 0 Å². The molecule has 0 fully saturated rings. The van der Waals surface area contributed by atoms with Crippen molar-refractivity contribution in [2.45, 2.75) is 10.1 Å². The van der Waals surface area contributed by atoms with Gasteiger partial charge in [0.05, 0.1) is 4.92 Å². The van der Waals surface area contributed by atoms with E-state index in [9.17, 15) is 10.1 Å². The van der Waals surface area contributed by atoms with Crippen molar-refractivity contribution >= 4 is 39.0 Å². The zero-order chi connectivity index (χ0) is 14.8. The molecule has 1 heterocycles. The van der Waals surface area contributed by atoms with Crippen molar-refractivity contribution in [1.82, 2.24) is 0 Å². The largest absolute Gasteiger partial charge is 0.298 e. The summed E-state index contributed by atoms with van der Waals surface area (Å²) in [7, 11) is 2.03. The smallest absolute Gasteiger partial charge is 0.258 e. The fourth-order valence-electron chi connectivity index (χ4n) is 2.16. The number of nitrogens with zero attached hydrogens (tertiary/aromatic N) is 2. The van der Waals surface area contributed by atoms with Crippen molar-refractivity contribution in [3.05, 3.63) is 64.2 Å². The van der Waals surface area contributed by atoms with Crippen LogP contribution in [0.3, 0.4) is 0 Å². The number of nitro groups is 1. The van der Waals surface area contributed by atoms with Gasteiger partial charge in [0.2, 0.25) is 5.52 Å². The maximum atomic E-state index is 11.0. The van der Waals surface area contributed by atoms with Crippen LogP contribution in [0.1, 0.15) is 5.56 Å². The molecule has 106 valence electrons. The number of nitro benzene ring substituents is 1. The Bertz CT molecular complexity index is 814. The number of rotatable bonds is 4. The van der Waals surface area contributed by atoms with Gasteiger partial charge in [0.1, 0.15) is 11.7 Å². The summed E-state index contributed by atoms with van der Waals surface area (Å²) in [4.78, 5) is 10.7. The van der Waals surface area contributed by atoms with Crippen LogP contribution >= 0.6 is 23.1 Å². The third-order valence-electron chi connectivity index (χ3n) is 3.24. The van der Waals surface area contributed by atoms with E-state index in [1.54, 1.807) is 35.2 Å². The lowest BCUT2D eigenvalue weighted by molar-refractivity contribution is -0.676. The number of aryl methyl sites for hydroxylation is 1. The minimum atomic E-state index is -0.319. The molecule has 3 aromatic rings. The topological polar surface area (TPSA) is 47.0 Å². The van der Waals surface area contributed by atoms with Crippen molar-refractivity contribution in [1.29, 1.82) is 0 Å². The first-order valence-corrected chi connectivity index (χ1v) is 8.19. The molecule has 0 radical (unpaired) electrons. The molecule has 1 aromatic heterocycles. The van der Waals surface area contributed by atoms with Crippen LogP contribution in [0.15, 0.2) is 52.9 Å². The third kappa shape index (κ3) is 2.77. The summed E-state index contributed by atoms with van der Waals surface area (Å²) in [5.41, 5.74) is 2.13. The van der Waals surface area contributed by atoms with Gasteiger partial charge in [-0.1, -0.05) is 41.7 Å². The molecular weight excluding hydrogens is 304 g/mol. The monoisotopic (exact) mass is 317 g/mol. The molecular formula is C15H13N2O2S2+. The molecule has 0 N–H and O–H groups in total. The van der Waals surface area contributed by atoms with Crippen LogP contribution < -0.4 is 4.57 Å². The Balaban J connectivity index is 1.87. The number of para-hydroxylation sites is 2. The minimum Gasteiger partial charge on any atom is -0.258 e. The van der Waals surface area contributed by atoms with Crippen LogP contribution in [0.5, 0.6) is 0 Å². The number of benzene rings is 2. The van der Waals surface area contributed by atoms with Crippen molar-refractivity contribution in [3.63, 3.8) is 0 Å². The van der Waals surface area contributed by atoms with E-state index in [0.717, 1.165) is 9.90 Å².